The highest BCUT2D eigenvalue weighted by Crippen LogP contribution is 2.15. The van der Waals surface area contributed by atoms with Crippen LogP contribution in [0.2, 0.25) is 0 Å². The first kappa shape index (κ1) is 10.5. The lowest BCUT2D eigenvalue weighted by molar-refractivity contribution is 0.585. The number of halogens is 2. The first-order valence-corrected chi connectivity index (χ1v) is 4.68. The van der Waals surface area contributed by atoms with E-state index in [4.69, 9.17) is 0 Å². The first-order valence-electron chi connectivity index (χ1n) is 4.68. The standard InChI is InChI=1S/C11H9F2N3/c12-9-1-2-11(10(13)3-9)16-6-8-4-14-7-15-5-8/h1-5,7,16H,6H2. The Hall–Kier alpha value is -2.04. The minimum absolute atomic E-state index is 0.255. The molecule has 2 aromatic rings. The Morgan fingerprint density at radius 1 is 1.12 bits per heavy atom. The van der Waals surface area contributed by atoms with Gasteiger partial charge in [-0.05, 0) is 12.1 Å². The van der Waals surface area contributed by atoms with E-state index in [0.717, 1.165) is 11.6 Å². The van der Waals surface area contributed by atoms with E-state index in [1.807, 2.05) is 0 Å². The van der Waals surface area contributed by atoms with Crippen molar-refractivity contribution in [2.75, 3.05) is 5.32 Å². The zero-order chi connectivity index (χ0) is 11.4. The summed E-state index contributed by atoms with van der Waals surface area (Å²) in [7, 11) is 0. The fraction of sp³-hybridized carbons (Fsp3) is 0.0909. The zero-order valence-electron chi connectivity index (χ0n) is 8.32. The highest BCUT2D eigenvalue weighted by Gasteiger charge is 2.02. The minimum Gasteiger partial charge on any atom is -0.378 e. The van der Waals surface area contributed by atoms with Gasteiger partial charge < -0.3 is 5.32 Å². The molecule has 1 aromatic carbocycles. The topological polar surface area (TPSA) is 37.8 Å². The fourth-order valence-corrected chi connectivity index (χ4v) is 1.25. The second kappa shape index (κ2) is 4.65. The van der Waals surface area contributed by atoms with Crippen molar-refractivity contribution in [3.05, 3.63) is 54.1 Å². The van der Waals surface area contributed by atoms with Gasteiger partial charge in [0.2, 0.25) is 0 Å². The quantitative estimate of drug-likeness (QED) is 0.864. The monoisotopic (exact) mass is 221 g/mol. The van der Waals surface area contributed by atoms with Gasteiger partial charge >= 0.3 is 0 Å². The molecule has 5 heteroatoms. The molecular formula is C11H9F2N3. The van der Waals surface area contributed by atoms with Crippen LogP contribution in [0.3, 0.4) is 0 Å². The van der Waals surface area contributed by atoms with Crippen molar-refractivity contribution in [2.24, 2.45) is 0 Å². The lowest BCUT2D eigenvalue weighted by Gasteiger charge is -2.06. The summed E-state index contributed by atoms with van der Waals surface area (Å²) >= 11 is 0. The normalized spacial score (nSPS) is 10.1. The number of nitrogens with one attached hydrogen (secondary N) is 1. The largest absolute Gasteiger partial charge is 0.378 e. The molecule has 0 bridgehead atoms. The van der Waals surface area contributed by atoms with Crippen LogP contribution in [-0.2, 0) is 6.54 Å². The number of hydrogen-bond donors (Lipinski definition) is 1. The van der Waals surface area contributed by atoms with E-state index in [0.29, 0.717) is 6.54 Å². The van der Waals surface area contributed by atoms with Gasteiger partial charge in [-0.2, -0.15) is 0 Å². The van der Waals surface area contributed by atoms with Gasteiger partial charge in [-0.25, -0.2) is 18.7 Å². The van der Waals surface area contributed by atoms with Gasteiger partial charge in [0.1, 0.15) is 18.0 Å². The second-order valence-electron chi connectivity index (χ2n) is 3.22. The average Bonchev–Trinajstić information content (AvgIpc) is 2.29. The molecular weight excluding hydrogens is 212 g/mol. The van der Waals surface area contributed by atoms with Crippen LogP contribution in [0.4, 0.5) is 14.5 Å². The number of anilines is 1. The van der Waals surface area contributed by atoms with Crippen LogP contribution in [0.25, 0.3) is 0 Å². The molecule has 0 spiro atoms. The maximum Gasteiger partial charge on any atom is 0.149 e. The summed E-state index contributed by atoms with van der Waals surface area (Å²) in [6.07, 6.45) is 4.67. The predicted octanol–water partition coefficient (Wildman–Crippen LogP) is 2.37. The fourth-order valence-electron chi connectivity index (χ4n) is 1.25. The molecule has 16 heavy (non-hydrogen) atoms. The molecule has 2 rings (SSSR count). The van der Waals surface area contributed by atoms with Crippen molar-refractivity contribution in [2.45, 2.75) is 6.54 Å². The third-order valence-corrected chi connectivity index (χ3v) is 2.03. The lowest BCUT2D eigenvalue weighted by atomic mass is 10.2. The predicted molar refractivity (Wildman–Crippen MR) is 55.7 cm³/mol. The van der Waals surface area contributed by atoms with Crippen molar-refractivity contribution < 1.29 is 8.78 Å². The van der Waals surface area contributed by atoms with E-state index in [1.54, 1.807) is 12.4 Å². The van der Waals surface area contributed by atoms with Gasteiger partial charge in [0.15, 0.2) is 0 Å². The van der Waals surface area contributed by atoms with E-state index >= 15 is 0 Å². The molecule has 0 aliphatic rings. The van der Waals surface area contributed by atoms with Gasteiger partial charge in [0.25, 0.3) is 0 Å². The number of aromatic nitrogens is 2. The van der Waals surface area contributed by atoms with Gasteiger partial charge in [0.05, 0.1) is 5.69 Å². The number of rotatable bonds is 3. The van der Waals surface area contributed by atoms with Crippen LogP contribution in [0.5, 0.6) is 0 Å². The molecule has 1 N–H and O–H groups in total. The van der Waals surface area contributed by atoms with E-state index in [1.165, 1.54) is 18.5 Å². The Morgan fingerprint density at radius 2 is 1.88 bits per heavy atom. The Morgan fingerprint density at radius 3 is 2.56 bits per heavy atom. The highest BCUT2D eigenvalue weighted by molar-refractivity contribution is 5.44. The van der Waals surface area contributed by atoms with Crippen molar-refractivity contribution in [3.8, 4) is 0 Å². The van der Waals surface area contributed by atoms with Gasteiger partial charge in [0, 0.05) is 30.6 Å². The van der Waals surface area contributed by atoms with Crippen LogP contribution in [0.15, 0.2) is 36.9 Å². The molecule has 1 aromatic heterocycles. The Bertz CT molecular complexity index is 474. The second-order valence-corrected chi connectivity index (χ2v) is 3.22. The summed E-state index contributed by atoms with van der Waals surface area (Å²) < 4.78 is 25.8. The van der Waals surface area contributed by atoms with E-state index in [-0.39, 0.29) is 5.69 Å². The number of benzene rings is 1. The third kappa shape index (κ3) is 2.50. The molecule has 82 valence electrons. The summed E-state index contributed by atoms with van der Waals surface area (Å²) in [6.45, 7) is 0.392. The Balaban J connectivity index is 2.05. The smallest absolute Gasteiger partial charge is 0.149 e. The van der Waals surface area contributed by atoms with Crippen LogP contribution < -0.4 is 5.32 Å². The molecule has 0 atom stereocenters. The van der Waals surface area contributed by atoms with Crippen molar-refractivity contribution >= 4 is 5.69 Å². The molecule has 0 saturated heterocycles. The van der Waals surface area contributed by atoms with Gasteiger partial charge in [-0.3, -0.25) is 0 Å². The number of hydrogen-bond acceptors (Lipinski definition) is 3. The average molecular weight is 221 g/mol. The van der Waals surface area contributed by atoms with Crippen molar-refractivity contribution in [1.29, 1.82) is 0 Å². The van der Waals surface area contributed by atoms with Gasteiger partial charge in [-0.15, -0.1) is 0 Å². The van der Waals surface area contributed by atoms with Crippen molar-refractivity contribution in [1.82, 2.24) is 9.97 Å². The molecule has 0 fully saturated rings. The summed E-state index contributed by atoms with van der Waals surface area (Å²) in [5.41, 5.74) is 1.08. The molecule has 0 unspecified atom stereocenters. The molecule has 0 saturated carbocycles. The van der Waals surface area contributed by atoms with E-state index in [9.17, 15) is 8.78 Å². The van der Waals surface area contributed by atoms with Crippen LogP contribution in [-0.4, -0.2) is 9.97 Å². The van der Waals surface area contributed by atoms with Crippen LogP contribution in [0.1, 0.15) is 5.56 Å². The summed E-state index contributed by atoms with van der Waals surface area (Å²) in [6, 6.07) is 3.39. The Kier molecular flexibility index (Phi) is 3.05. The molecule has 1 heterocycles. The Labute approximate surface area is 91.2 Å². The number of nitrogens with zero attached hydrogens (tertiary/aromatic N) is 2. The molecule has 0 radical (unpaired) electrons. The first-order chi connectivity index (χ1) is 7.75. The molecule has 0 amide bonds. The van der Waals surface area contributed by atoms with Gasteiger partial charge in [-0.1, -0.05) is 0 Å². The summed E-state index contributed by atoms with van der Waals surface area (Å²) in [4.78, 5) is 7.66. The van der Waals surface area contributed by atoms with Crippen LogP contribution in [0, 0.1) is 11.6 Å². The SMILES string of the molecule is Fc1ccc(NCc2cncnc2)c(F)c1. The molecule has 3 nitrogen and oxygen atoms in total. The maximum absolute atomic E-state index is 13.2. The van der Waals surface area contributed by atoms with E-state index < -0.39 is 11.6 Å². The van der Waals surface area contributed by atoms with Crippen LogP contribution >= 0.6 is 0 Å². The highest BCUT2D eigenvalue weighted by atomic mass is 19.1. The minimum atomic E-state index is -0.614. The molecule has 0 aliphatic carbocycles. The lowest BCUT2D eigenvalue weighted by Crippen LogP contribution is -2.02. The van der Waals surface area contributed by atoms with Crippen molar-refractivity contribution in [3.63, 3.8) is 0 Å². The summed E-state index contributed by atoms with van der Waals surface area (Å²) in [5, 5.41) is 2.83. The summed E-state index contributed by atoms with van der Waals surface area (Å²) in [5.74, 6) is -1.21. The zero-order valence-corrected chi connectivity index (χ0v) is 8.32. The maximum atomic E-state index is 13.2. The van der Waals surface area contributed by atoms with E-state index in [2.05, 4.69) is 15.3 Å². The third-order valence-electron chi connectivity index (χ3n) is 2.03. The molecule has 0 aliphatic heterocycles.